The van der Waals surface area contributed by atoms with Crippen LogP contribution < -0.4 is 11.1 Å². The van der Waals surface area contributed by atoms with Crippen molar-refractivity contribution in [1.82, 2.24) is 5.32 Å². The third-order valence-corrected chi connectivity index (χ3v) is 4.95. The van der Waals surface area contributed by atoms with Gasteiger partial charge in [-0.1, -0.05) is 0 Å². The molecule has 2 aromatic rings. The van der Waals surface area contributed by atoms with Crippen molar-refractivity contribution in [2.45, 2.75) is 31.4 Å². The monoisotopic (exact) mass is 290 g/mol. The zero-order chi connectivity index (χ0) is 14.1. The number of nitrogens with two attached hydrogens (primary N) is 1. The molecule has 1 aliphatic rings. The van der Waals surface area contributed by atoms with E-state index < -0.39 is 0 Å². The SMILES string of the molecule is COC1CCCC1NC(=O)c1cc2cc(N)ccc2s1. The summed E-state index contributed by atoms with van der Waals surface area (Å²) in [4.78, 5) is 13.1. The number of rotatable bonds is 3. The van der Waals surface area contributed by atoms with Crippen LogP contribution in [0.25, 0.3) is 10.1 Å². The molecule has 1 fully saturated rings. The number of amides is 1. The van der Waals surface area contributed by atoms with Gasteiger partial charge in [-0.3, -0.25) is 4.79 Å². The number of hydrogen-bond donors (Lipinski definition) is 2. The molecule has 4 nitrogen and oxygen atoms in total. The summed E-state index contributed by atoms with van der Waals surface area (Å²) in [6.07, 6.45) is 3.25. The standard InChI is InChI=1S/C15H18N2O2S/c1-19-12-4-2-3-11(12)17-15(18)14-8-9-7-10(16)5-6-13(9)20-14/h5-8,11-12H,2-4,16H2,1H3,(H,17,18). The molecule has 106 valence electrons. The summed E-state index contributed by atoms with van der Waals surface area (Å²) in [5.74, 6) is -0.0151. The second kappa shape index (κ2) is 5.42. The van der Waals surface area contributed by atoms with E-state index >= 15 is 0 Å². The van der Waals surface area contributed by atoms with Crippen LogP contribution >= 0.6 is 11.3 Å². The molecule has 0 spiro atoms. The summed E-state index contributed by atoms with van der Waals surface area (Å²) in [6.45, 7) is 0. The first-order chi connectivity index (χ1) is 9.67. The van der Waals surface area contributed by atoms with Gasteiger partial charge in [0, 0.05) is 17.5 Å². The molecular weight excluding hydrogens is 272 g/mol. The average Bonchev–Trinajstić information content (AvgIpc) is 3.04. The molecule has 1 aliphatic carbocycles. The Labute approximate surface area is 121 Å². The smallest absolute Gasteiger partial charge is 0.261 e. The molecule has 0 bridgehead atoms. The second-order valence-electron chi connectivity index (χ2n) is 5.19. The zero-order valence-electron chi connectivity index (χ0n) is 11.4. The Bertz CT molecular complexity index is 638. The van der Waals surface area contributed by atoms with Crippen LogP contribution in [0, 0.1) is 0 Å². The van der Waals surface area contributed by atoms with Crippen molar-refractivity contribution in [3.8, 4) is 0 Å². The van der Waals surface area contributed by atoms with Gasteiger partial charge in [0.15, 0.2) is 0 Å². The number of ether oxygens (including phenoxy) is 1. The lowest BCUT2D eigenvalue weighted by Crippen LogP contribution is -2.40. The van der Waals surface area contributed by atoms with Crippen LogP contribution in [0.15, 0.2) is 24.3 Å². The van der Waals surface area contributed by atoms with E-state index in [4.69, 9.17) is 10.5 Å². The molecule has 3 rings (SSSR count). The highest BCUT2D eigenvalue weighted by molar-refractivity contribution is 7.20. The molecule has 1 heterocycles. The maximum absolute atomic E-state index is 12.3. The van der Waals surface area contributed by atoms with Crippen LogP contribution in [0.2, 0.25) is 0 Å². The van der Waals surface area contributed by atoms with Crippen LogP contribution in [-0.4, -0.2) is 25.2 Å². The highest BCUT2D eigenvalue weighted by Crippen LogP contribution is 2.28. The summed E-state index contributed by atoms with van der Waals surface area (Å²) >= 11 is 1.50. The van der Waals surface area contributed by atoms with Gasteiger partial charge in [0.05, 0.1) is 17.0 Å². The average molecular weight is 290 g/mol. The van der Waals surface area contributed by atoms with Gasteiger partial charge in [-0.2, -0.15) is 0 Å². The van der Waals surface area contributed by atoms with E-state index in [0.717, 1.165) is 39.9 Å². The van der Waals surface area contributed by atoms with Crippen molar-refractivity contribution in [2.24, 2.45) is 0 Å². The summed E-state index contributed by atoms with van der Waals surface area (Å²) in [5.41, 5.74) is 6.48. The molecule has 2 atom stereocenters. The lowest BCUT2D eigenvalue weighted by Gasteiger charge is -2.19. The van der Waals surface area contributed by atoms with Crippen LogP contribution in [0.5, 0.6) is 0 Å². The highest BCUT2D eigenvalue weighted by Gasteiger charge is 2.28. The minimum Gasteiger partial charge on any atom is -0.399 e. The van der Waals surface area contributed by atoms with E-state index in [1.165, 1.54) is 11.3 Å². The van der Waals surface area contributed by atoms with E-state index in [9.17, 15) is 4.79 Å². The predicted molar refractivity (Wildman–Crippen MR) is 82.1 cm³/mol. The lowest BCUT2D eigenvalue weighted by atomic mass is 10.2. The number of benzene rings is 1. The number of carbonyl (C=O) groups excluding carboxylic acids is 1. The Hall–Kier alpha value is -1.59. The maximum atomic E-state index is 12.3. The van der Waals surface area contributed by atoms with Gasteiger partial charge >= 0.3 is 0 Å². The lowest BCUT2D eigenvalue weighted by molar-refractivity contribution is 0.0724. The third kappa shape index (κ3) is 2.51. The molecule has 3 N–H and O–H groups in total. The van der Waals surface area contributed by atoms with Crippen molar-refractivity contribution in [3.63, 3.8) is 0 Å². The van der Waals surface area contributed by atoms with E-state index in [1.807, 2.05) is 24.3 Å². The van der Waals surface area contributed by atoms with Crippen LogP contribution in [-0.2, 0) is 4.74 Å². The third-order valence-electron chi connectivity index (χ3n) is 3.84. The topological polar surface area (TPSA) is 64.3 Å². The van der Waals surface area contributed by atoms with Crippen molar-refractivity contribution >= 4 is 33.0 Å². The van der Waals surface area contributed by atoms with Gasteiger partial charge in [0.2, 0.25) is 0 Å². The largest absolute Gasteiger partial charge is 0.399 e. The molecule has 0 aliphatic heterocycles. The molecule has 0 saturated heterocycles. The first-order valence-corrected chi connectivity index (χ1v) is 7.62. The Morgan fingerprint density at radius 2 is 2.25 bits per heavy atom. The molecule has 1 amide bonds. The van der Waals surface area contributed by atoms with Crippen molar-refractivity contribution in [2.75, 3.05) is 12.8 Å². The number of hydrogen-bond acceptors (Lipinski definition) is 4. The second-order valence-corrected chi connectivity index (χ2v) is 6.28. The molecule has 5 heteroatoms. The molecule has 2 unspecified atom stereocenters. The van der Waals surface area contributed by atoms with E-state index in [2.05, 4.69) is 5.32 Å². The quantitative estimate of drug-likeness (QED) is 0.854. The number of nitrogen functional groups attached to an aromatic ring is 1. The van der Waals surface area contributed by atoms with Crippen LogP contribution in [0.1, 0.15) is 28.9 Å². The molecule has 1 aromatic heterocycles. The fraction of sp³-hybridized carbons (Fsp3) is 0.400. The van der Waals surface area contributed by atoms with Gasteiger partial charge < -0.3 is 15.8 Å². The zero-order valence-corrected chi connectivity index (χ0v) is 12.2. The summed E-state index contributed by atoms with van der Waals surface area (Å²) < 4.78 is 6.49. The van der Waals surface area contributed by atoms with E-state index in [0.29, 0.717) is 0 Å². The van der Waals surface area contributed by atoms with E-state index in [-0.39, 0.29) is 18.1 Å². The molecule has 1 saturated carbocycles. The minimum atomic E-state index is -0.0151. The number of anilines is 1. The van der Waals surface area contributed by atoms with Gasteiger partial charge in [0.1, 0.15) is 0 Å². The van der Waals surface area contributed by atoms with Crippen molar-refractivity contribution < 1.29 is 9.53 Å². The Kier molecular flexibility index (Phi) is 3.63. The summed E-state index contributed by atoms with van der Waals surface area (Å²) in [7, 11) is 1.71. The molecule has 20 heavy (non-hydrogen) atoms. The maximum Gasteiger partial charge on any atom is 0.261 e. The van der Waals surface area contributed by atoms with Gasteiger partial charge in [-0.25, -0.2) is 0 Å². The number of methoxy groups -OCH3 is 1. The van der Waals surface area contributed by atoms with Gasteiger partial charge in [-0.15, -0.1) is 11.3 Å². The first-order valence-electron chi connectivity index (χ1n) is 6.80. The fourth-order valence-corrected chi connectivity index (χ4v) is 3.73. The Balaban J connectivity index is 1.78. The number of thiophene rings is 1. The first kappa shape index (κ1) is 13.4. The summed E-state index contributed by atoms with van der Waals surface area (Å²) in [5, 5.41) is 4.11. The van der Waals surface area contributed by atoms with Crippen molar-refractivity contribution in [3.05, 3.63) is 29.1 Å². The predicted octanol–water partition coefficient (Wildman–Crippen LogP) is 2.78. The van der Waals surface area contributed by atoms with Gasteiger partial charge in [-0.05, 0) is 48.9 Å². The molecule has 1 aromatic carbocycles. The van der Waals surface area contributed by atoms with Crippen LogP contribution in [0.4, 0.5) is 5.69 Å². The summed E-state index contributed by atoms with van der Waals surface area (Å²) in [6, 6.07) is 7.75. The fourth-order valence-electron chi connectivity index (χ4n) is 2.79. The van der Waals surface area contributed by atoms with Crippen molar-refractivity contribution in [1.29, 1.82) is 0 Å². The van der Waals surface area contributed by atoms with E-state index in [1.54, 1.807) is 7.11 Å². The Morgan fingerprint density at radius 1 is 1.40 bits per heavy atom. The van der Waals surface area contributed by atoms with Gasteiger partial charge in [0.25, 0.3) is 5.91 Å². The minimum absolute atomic E-state index is 0.0151. The van der Waals surface area contributed by atoms with Crippen LogP contribution in [0.3, 0.4) is 0 Å². The number of nitrogens with one attached hydrogen (secondary N) is 1. The molecular formula is C15H18N2O2S. The normalized spacial score (nSPS) is 22.2. The number of fused-ring (bicyclic) bond motifs is 1. The highest BCUT2D eigenvalue weighted by atomic mass is 32.1. The number of carbonyl (C=O) groups is 1. The molecule has 0 radical (unpaired) electrons. The Morgan fingerprint density at radius 3 is 3.05 bits per heavy atom.